The fraction of sp³-hybridized carbons (Fsp3) is 0.0714. The molecule has 0 saturated heterocycles. The highest BCUT2D eigenvalue weighted by molar-refractivity contribution is 6.02. The maximum absolute atomic E-state index is 9.56. The quantitative estimate of drug-likeness (QED) is 0.774. The van der Waals surface area contributed by atoms with E-state index in [9.17, 15) is 5.41 Å². The van der Waals surface area contributed by atoms with Crippen LogP contribution in [0.4, 0.5) is 11.4 Å². The molecule has 2 aromatic carbocycles. The lowest BCUT2D eigenvalue weighted by Crippen LogP contribution is -2.01. The molecular formula is C14H13N2. The monoisotopic (exact) mass is 209 g/mol. The molecule has 0 fully saturated rings. The number of hydrogen-bond donors (Lipinski definition) is 1. The lowest BCUT2D eigenvalue weighted by molar-refractivity contribution is 1.51. The summed E-state index contributed by atoms with van der Waals surface area (Å²) in [6, 6.07) is 17.6. The Hall–Kier alpha value is -2.09. The van der Waals surface area contributed by atoms with E-state index in [1.54, 1.807) is 6.92 Å². The summed E-state index contributed by atoms with van der Waals surface area (Å²) in [5, 5.41) is 12.8. The second-order valence-corrected chi connectivity index (χ2v) is 3.62. The summed E-state index contributed by atoms with van der Waals surface area (Å²) < 4.78 is 0. The van der Waals surface area contributed by atoms with Gasteiger partial charge in [0.2, 0.25) is 0 Å². The highest BCUT2D eigenvalue weighted by Crippen LogP contribution is 2.20. The molecule has 0 heterocycles. The molecule has 2 nitrogen and oxygen atoms in total. The largest absolute Gasteiger partial charge is 0.355 e. The van der Waals surface area contributed by atoms with Gasteiger partial charge in [-0.15, -0.1) is 0 Å². The van der Waals surface area contributed by atoms with Crippen molar-refractivity contribution in [1.29, 1.82) is 0 Å². The van der Waals surface area contributed by atoms with Crippen molar-refractivity contribution in [3.8, 4) is 0 Å². The van der Waals surface area contributed by atoms with Crippen LogP contribution in [0.5, 0.6) is 0 Å². The van der Waals surface area contributed by atoms with Crippen LogP contribution in [0.1, 0.15) is 12.5 Å². The summed E-state index contributed by atoms with van der Waals surface area (Å²) in [4.78, 5) is 0. The maximum Gasteiger partial charge on any atom is 0.0692 e. The number of benzene rings is 2. The maximum atomic E-state index is 9.56. The fourth-order valence-corrected chi connectivity index (χ4v) is 1.58. The molecule has 0 bridgehead atoms. The van der Waals surface area contributed by atoms with Gasteiger partial charge in [-0.1, -0.05) is 36.4 Å². The van der Waals surface area contributed by atoms with Crippen LogP contribution in [0.2, 0.25) is 0 Å². The Morgan fingerprint density at radius 2 is 1.56 bits per heavy atom. The van der Waals surface area contributed by atoms with Gasteiger partial charge in [0.15, 0.2) is 0 Å². The molecule has 0 atom stereocenters. The molecule has 2 aromatic rings. The molecule has 0 aliphatic rings. The zero-order chi connectivity index (χ0) is 11.4. The Bertz CT molecular complexity index is 489. The van der Waals surface area contributed by atoms with Crippen molar-refractivity contribution >= 4 is 17.1 Å². The summed E-state index contributed by atoms with van der Waals surface area (Å²) in [5.74, 6) is 0. The van der Waals surface area contributed by atoms with Crippen molar-refractivity contribution in [2.75, 3.05) is 5.32 Å². The molecule has 0 aromatic heterocycles. The molecule has 0 saturated carbocycles. The van der Waals surface area contributed by atoms with Gasteiger partial charge in [-0.2, -0.15) is 5.41 Å². The van der Waals surface area contributed by atoms with Crippen molar-refractivity contribution < 1.29 is 0 Å². The summed E-state index contributed by atoms with van der Waals surface area (Å²) in [5.41, 5.74) is 3.07. The van der Waals surface area contributed by atoms with Crippen LogP contribution in [0.3, 0.4) is 0 Å². The van der Waals surface area contributed by atoms with Crippen LogP contribution in [0.15, 0.2) is 54.6 Å². The van der Waals surface area contributed by atoms with E-state index in [4.69, 9.17) is 0 Å². The first-order chi connectivity index (χ1) is 7.77. The molecule has 0 amide bonds. The molecule has 1 radical (unpaired) electrons. The second-order valence-electron chi connectivity index (χ2n) is 3.62. The van der Waals surface area contributed by atoms with Crippen LogP contribution in [-0.4, -0.2) is 5.71 Å². The Morgan fingerprint density at radius 1 is 0.938 bits per heavy atom. The van der Waals surface area contributed by atoms with Gasteiger partial charge in [0, 0.05) is 16.9 Å². The van der Waals surface area contributed by atoms with Crippen molar-refractivity contribution in [2.45, 2.75) is 6.92 Å². The zero-order valence-corrected chi connectivity index (χ0v) is 9.14. The van der Waals surface area contributed by atoms with E-state index in [1.165, 1.54) is 0 Å². The second kappa shape index (κ2) is 4.62. The van der Waals surface area contributed by atoms with Gasteiger partial charge in [-0.05, 0) is 25.1 Å². The number of rotatable bonds is 3. The summed E-state index contributed by atoms with van der Waals surface area (Å²) in [7, 11) is 0. The van der Waals surface area contributed by atoms with E-state index < -0.39 is 0 Å². The van der Waals surface area contributed by atoms with Gasteiger partial charge in [0.1, 0.15) is 0 Å². The SMILES string of the molecule is CC(=[N])c1ccccc1Nc1ccccc1. The molecule has 0 aliphatic heterocycles. The minimum Gasteiger partial charge on any atom is -0.355 e. The van der Waals surface area contributed by atoms with E-state index in [2.05, 4.69) is 5.32 Å². The molecule has 0 aliphatic carbocycles. The normalized spacial score (nSPS) is 9.81. The van der Waals surface area contributed by atoms with Crippen LogP contribution in [0.25, 0.3) is 0 Å². The molecular weight excluding hydrogens is 196 g/mol. The van der Waals surface area contributed by atoms with E-state index in [1.807, 2.05) is 54.6 Å². The van der Waals surface area contributed by atoms with Gasteiger partial charge in [0.25, 0.3) is 0 Å². The van der Waals surface area contributed by atoms with Gasteiger partial charge in [-0.25, -0.2) is 0 Å². The number of para-hydroxylation sites is 2. The summed E-state index contributed by atoms with van der Waals surface area (Å²) >= 11 is 0. The van der Waals surface area contributed by atoms with Gasteiger partial charge in [-0.3, -0.25) is 0 Å². The van der Waals surface area contributed by atoms with E-state index >= 15 is 0 Å². The molecule has 16 heavy (non-hydrogen) atoms. The highest BCUT2D eigenvalue weighted by Gasteiger charge is 2.03. The molecule has 0 spiro atoms. The minimum atomic E-state index is 0.319. The Balaban J connectivity index is 2.31. The average Bonchev–Trinajstić information content (AvgIpc) is 2.31. The van der Waals surface area contributed by atoms with Crippen LogP contribution in [-0.2, 0) is 0 Å². The standard InChI is InChI=1S/C14H13N2/c1-11(15)13-9-5-6-10-14(13)16-12-7-3-2-4-8-12/h2-10,16H,1H3. The highest BCUT2D eigenvalue weighted by atomic mass is 14.9. The molecule has 2 rings (SSSR count). The van der Waals surface area contributed by atoms with Gasteiger partial charge >= 0.3 is 0 Å². The van der Waals surface area contributed by atoms with E-state index in [0.29, 0.717) is 5.71 Å². The van der Waals surface area contributed by atoms with Crippen LogP contribution < -0.4 is 10.7 Å². The Labute approximate surface area is 95.5 Å². The lowest BCUT2D eigenvalue weighted by atomic mass is 10.1. The topological polar surface area (TPSA) is 34.3 Å². The first-order valence-corrected chi connectivity index (χ1v) is 5.21. The Morgan fingerprint density at radius 3 is 2.25 bits per heavy atom. The fourth-order valence-electron chi connectivity index (χ4n) is 1.58. The number of nitrogens with one attached hydrogen (secondary N) is 1. The van der Waals surface area contributed by atoms with E-state index in [-0.39, 0.29) is 0 Å². The van der Waals surface area contributed by atoms with Crippen LogP contribution in [0, 0.1) is 0 Å². The number of anilines is 2. The third-order valence-electron chi connectivity index (χ3n) is 2.37. The third kappa shape index (κ3) is 2.28. The molecule has 1 N–H and O–H groups in total. The van der Waals surface area contributed by atoms with Gasteiger partial charge < -0.3 is 5.32 Å². The number of hydrogen-bond acceptors (Lipinski definition) is 1. The smallest absolute Gasteiger partial charge is 0.0692 e. The first-order valence-electron chi connectivity index (χ1n) is 5.21. The third-order valence-corrected chi connectivity index (χ3v) is 2.37. The van der Waals surface area contributed by atoms with Crippen molar-refractivity contribution in [3.63, 3.8) is 0 Å². The molecule has 2 heteroatoms. The molecule has 0 unspecified atom stereocenters. The van der Waals surface area contributed by atoms with Crippen molar-refractivity contribution in [3.05, 3.63) is 60.2 Å². The average molecular weight is 209 g/mol. The van der Waals surface area contributed by atoms with Gasteiger partial charge in [0.05, 0.1) is 5.71 Å². The van der Waals surface area contributed by atoms with Crippen LogP contribution >= 0.6 is 0 Å². The van der Waals surface area contributed by atoms with E-state index in [0.717, 1.165) is 16.9 Å². The zero-order valence-electron chi connectivity index (χ0n) is 9.14. The summed E-state index contributed by atoms with van der Waals surface area (Å²) in [6.45, 7) is 1.69. The molecule has 79 valence electrons. The first kappa shape index (κ1) is 10.4. The predicted molar refractivity (Wildman–Crippen MR) is 68.1 cm³/mol. The lowest BCUT2D eigenvalue weighted by Gasteiger charge is -2.10. The minimum absolute atomic E-state index is 0.319. The summed E-state index contributed by atoms with van der Waals surface area (Å²) in [6.07, 6.45) is 0. The predicted octanol–water partition coefficient (Wildman–Crippen LogP) is 3.04. The van der Waals surface area contributed by atoms with Crippen molar-refractivity contribution in [1.82, 2.24) is 5.41 Å². The van der Waals surface area contributed by atoms with Crippen molar-refractivity contribution in [2.24, 2.45) is 0 Å². The number of nitrogens with zero attached hydrogens (tertiary/aromatic N) is 1. The Kier molecular flexibility index (Phi) is 3.01.